The number of piperazine rings is 1. The third-order valence-corrected chi connectivity index (χ3v) is 6.04. The second kappa shape index (κ2) is 9.96. The highest BCUT2D eigenvalue weighted by atomic mass is 19.1. The maximum absolute atomic E-state index is 13.1. The monoisotopic (exact) mass is 475 g/mol. The van der Waals surface area contributed by atoms with Gasteiger partial charge >= 0.3 is 0 Å². The van der Waals surface area contributed by atoms with Gasteiger partial charge < -0.3 is 19.9 Å². The summed E-state index contributed by atoms with van der Waals surface area (Å²) in [5.41, 5.74) is 2.33. The van der Waals surface area contributed by atoms with Crippen molar-refractivity contribution in [1.82, 2.24) is 19.8 Å². The summed E-state index contributed by atoms with van der Waals surface area (Å²) >= 11 is 0. The van der Waals surface area contributed by atoms with Gasteiger partial charge in [0.15, 0.2) is 11.5 Å². The number of aryl methyl sites for hydroxylation is 1. The molecule has 1 saturated heterocycles. The molecule has 10 heteroatoms. The van der Waals surface area contributed by atoms with Crippen LogP contribution < -0.4 is 19.9 Å². The number of benzene rings is 2. The van der Waals surface area contributed by atoms with Crippen LogP contribution in [0.4, 0.5) is 21.6 Å². The van der Waals surface area contributed by atoms with Gasteiger partial charge in [0.25, 0.3) is 0 Å². The maximum Gasteiger partial charge on any atom is 0.224 e. The van der Waals surface area contributed by atoms with Gasteiger partial charge in [-0.1, -0.05) is 6.07 Å². The number of nitrogens with one attached hydrogen (secondary N) is 1. The molecule has 1 fully saturated rings. The van der Waals surface area contributed by atoms with Crippen molar-refractivity contribution < 1.29 is 13.9 Å². The molecular formula is C25H26FN7O2. The third kappa shape index (κ3) is 5.16. The lowest BCUT2D eigenvalue weighted by atomic mass is 10.2. The van der Waals surface area contributed by atoms with Crippen molar-refractivity contribution in [3.8, 4) is 5.75 Å². The Bertz CT molecular complexity index is 1320. The Kier molecular flexibility index (Phi) is 6.42. The molecule has 0 unspecified atom stereocenters. The molecule has 5 rings (SSSR count). The third-order valence-electron chi connectivity index (χ3n) is 6.04. The lowest BCUT2D eigenvalue weighted by molar-refractivity contribution is -0.116. The Morgan fingerprint density at radius 1 is 1.00 bits per heavy atom. The van der Waals surface area contributed by atoms with E-state index >= 15 is 0 Å². The topological polar surface area (TPSA) is 87.9 Å². The fourth-order valence-corrected chi connectivity index (χ4v) is 4.13. The Morgan fingerprint density at radius 2 is 1.77 bits per heavy atom. The number of aromatic nitrogens is 4. The van der Waals surface area contributed by atoms with Crippen molar-refractivity contribution in [2.24, 2.45) is 0 Å². The molecule has 0 spiro atoms. The van der Waals surface area contributed by atoms with Crippen LogP contribution in [0, 0.1) is 5.82 Å². The van der Waals surface area contributed by atoms with Crippen LogP contribution in [-0.4, -0.2) is 59.0 Å². The van der Waals surface area contributed by atoms with Crippen LogP contribution in [0.1, 0.15) is 12.2 Å². The molecule has 4 aromatic rings. The number of anilines is 3. The second-order valence-corrected chi connectivity index (χ2v) is 8.31. The summed E-state index contributed by atoms with van der Waals surface area (Å²) in [5.74, 6) is 1.79. The van der Waals surface area contributed by atoms with Crippen LogP contribution in [-0.2, 0) is 11.2 Å². The van der Waals surface area contributed by atoms with E-state index < -0.39 is 0 Å². The van der Waals surface area contributed by atoms with Crippen LogP contribution in [0.2, 0.25) is 0 Å². The van der Waals surface area contributed by atoms with Crippen molar-refractivity contribution in [2.45, 2.75) is 12.8 Å². The van der Waals surface area contributed by atoms with Gasteiger partial charge in [0.2, 0.25) is 5.91 Å². The highest BCUT2D eigenvalue weighted by Gasteiger charge is 2.20. The van der Waals surface area contributed by atoms with Crippen molar-refractivity contribution in [3.63, 3.8) is 0 Å². The van der Waals surface area contributed by atoms with Gasteiger partial charge in [-0.15, -0.1) is 15.3 Å². The van der Waals surface area contributed by atoms with E-state index in [1.807, 2.05) is 24.3 Å². The van der Waals surface area contributed by atoms with Gasteiger partial charge in [0.05, 0.1) is 7.11 Å². The first-order valence-electron chi connectivity index (χ1n) is 11.5. The van der Waals surface area contributed by atoms with E-state index in [1.165, 1.54) is 24.3 Å². The summed E-state index contributed by atoms with van der Waals surface area (Å²) < 4.78 is 20.1. The number of methoxy groups -OCH3 is 1. The molecule has 9 nitrogen and oxygen atoms in total. The Labute approximate surface area is 202 Å². The molecule has 2 aromatic heterocycles. The van der Waals surface area contributed by atoms with Crippen molar-refractivity contribution in [3.05, 3.63) is 72.3 Å². The largest absolute Gasteiger partial charge is 0.497 e. The van der Waals surface area contributed by atoms with E-state index in [0.29, 0.717) is 23.6 Å². The number of hydrogen-bond acceptors (Lipinski definition) is 7. The number of halogens is 1. The lowest BCUT2D eigenvalue weighted by Crippen LogP contribution is -2.47. The van der Waals surface area contributed by atoms with Gasteiger partial charge in [-0.05, 0) is 48.5 Å². The smallest absolute Gasteiger partial charge is 0.224 e. The van der Waals surface area contributed by atoms with Gasteiger partial charge in [-0.25, -0.2) is 4.39 Å². The van der Waals surface area contributed by atoms with Crippen molar-refractivity contribution in [2.75, 3.05) is 48.4 Å². The SMILES string of the molecule is COc1cccc(N2CCN(c3ccc4nnc(CCC(=O)Nc5ccc(F)cc5)n4n3)CC2)c1. The number of nitrogens with zero attached hydrogens (tertiary/aromatic N) is 6. The Hall–Kier alpha value is -4.21. The van der Waals surface area contributed by atoms with Crippen molar-refractivity contribution >= 4 is 28.7 Å². The molecule has 1 N–H and O–H groups in total. The van der Waals surface area contributed by atoms with Gasteiger partial charge in [-0.2, -0.15) is 4.52 Å². The average molecular weight is 476 g/mol. The molecule has 1 aliphatic rings. The number of ether oxygens (including phenoxy) is 1. The van der Waals surface area contributed by atoms with Gasteiger partial charge in [0, 0.05) is 56.5 Å². The molecule has 1 amide bonds. The summed E-state index contributed by atoms with van der Waals surface area (Å²) in [5, 5.41) is 15.9. The predicted molar refractivity (Wildman–Crippen MR) is 132 cm³/mol. The second-order valence-electron chi connectivity index (χ2n) is 8.31. The molecule has 0 atom stereocenters. The molecule has 2 aromatic carbocycles. The summed E-state index contributed by atoms with van der Waals surface area (Å²) in [4.78, 5) is 16.9. The normalized spacial score (nSPS) is 13.8. The zero-order chi connectivity index (χ0) is 24.2. The summed E-state index contributed by atoms with van der Waals surface area (Å²) in [6.07, 6.45) is 0.595. The van der Waals surface area contributed by atoms with E-state index in [9.17, 15) is 9.18 Å². The molecule has 0 saturated carbocycles. The lowest BCUT2D eigenvalue weighted by Gasteiger charge is -2.36. The summed E-state index contributed by atoms with van der Waals surface area (Å²) in [6.45, 7) is 3.39. The Balaban J connectivity index is 1.22. The standard InChI is InChI=1S/C25H26FN7O2/c1-35-21-4-2-3-20(17-21)31-13-15-32(16-14-31)24-10-9-22-28-29-23(33(22)30-24)11-12-25(34)27-19-7-5-18(26)6-8-19/h2-10,17H,11-16H2,1H3,(H,27,34). The molecular weight excluding hydrogens is 449 g/mol. The minimum Gasteiger partial charge on any atom is -0.497 e. The zero-order valence-electron chi connectivity index (χ0n) is 19.4. The van der Waals surface area contributed by atoms with Crippen LogP contribution in [0.5, 0.6) is 5.75 Å². The fourth-order valence-electron chi connectivity index (χ4n) is 4.13. The van der Waals surface area contributed by atoms with E-state index in [2.05, 4.69) is 37.4 Å². The quantitative estimate of drug-likeness (QED) is 0.439. The van der Waals surface area contributed by atoms with Crippen LogP contribution >= 0.6 is 0 Å². The van der Waals surface area contributed by atoms with E-state index in [0.717, 1.165) is 43.4 Å². The first-order chi connectivity index (χ1) is 17.1. The zero-order valence-corrected chi connectivity index (χ0v) is 19.4. The molecule has 1 aliphatic heterocycles. The average Bonchev–Trinajstić information content (AvgIpc) is 3.31. The van der Waals surface area contributed by atoms with E-state index in [-0.39, 0.29) is 18.1 Å². The summed E-state index contributed by atoms with van der Waals surface area (Å²) in [7, 11) is 1.68. The molecule has 0 radical (unpaired) electrons. The minimum absolute atomic E-state index is 0.182. The van der Waals surface area contributed by atoms with Gasteiger partial charge in [0.1, 0.15) is 17.4 Å². The van der Waals surface area contributed by atoms with Gasteiger partial charge in [-0.3, -0.25) is 4.79 Å². The number of hydrogen-bond donors (Lipinski definition) is 1. The minimum atomic E-state index is -0.346. The summed E-state index contributed by atoms with van der Waals surface area (Å²) in [6, 6.07) is 17.6. The highest BCUT2D eigenvalue weighted by molar-refractivity contribution is 5.90. The highest BCUT2D eigenvalue weighted by Crippen LogP contribution is 2.23. The van der Waals surface area contributed by atoms with Crippen LogP contribution in [0.15, 0.2) is 60.7 Å². The van der Waals surface area contributed by atoms with Crippen LogP contribution in [0.3, 0.4) is 0 Å². The molecule has 35 heavy (non-hydrogen) atoms. The number of carbonyl (C=O) groups excluding carboxylic acids is 1. The number of carbonyl (C=O) groups is 1. The number of amides is 1. The maximum atomic E-state index is 13.1. The van der Waals surface area contributed by atoms with E-state index in [1.54, 1.807) is 11.6 Å². The fraction of sp³-hybridized carbons (Fsp3) is 0.280. The molecule has 3 heterocycles. The first kappa shape index (κ1) is 22.6. The molecule has 180 valence electrons. The first-order valence-corrected chi connectivity index (χ1v) is 11.5. The molecule has 0 bridgehead atoms. The number of rotatable bonds is 7. The van der Waals surface area contributed by atoms with E-state index in [4.69, 9.17) is 9.84 Å². The van der Waals surface area contributed by atoms with Crippen LogP contribution in [0.25, 0.3) is 5.65 Å². The van der Waals surface area contributed by atoms with Crippen molar-refractivity contribution in [1.29, 1.82) is 0 Å². The predicted octanol–water partition coefficient (Wildman–Crippen LogP) is 3.17. The number of fused-ring (bicyclic) bond motifs is 1. The molecule has 0 aliphatic carbocycles. The Morgan fingerprint density at radius 3 is 2.54 bits per heavy atom.